The predicted molar refractivity (Wildman–Crippen MR) is 106 cm³/mol. The summed E-state index contributed by atoms with van der Waals surface area (Å²) in [6, 6.07) is 20.5. The van der Waals surface area contributed by atoms with Crippen LogP contribution in [-0.4, -0.2) is 17.6 Å². The van der Waals surface area contributed by atoms with Gasteiger partial charge in [0.05, 0.1) is 18.8 Å². The zero-order valence-corrected chi connectivity index (χ0v) is 15.3. The number of hydrogen-bond donors (Lipinski definition) is 1. The first-order valence-corrected chi connectivity index (χ1v) is 9.03. The highest BCUT2D eigenvalue weighted by molar-refractivity contribution is 6.31. The average Bonchev–Trinajstić information content (AvgIpc) is 2.82. The van der Waals surface area contributed by atoms with Gasteiger partial charge in [-0.3, -0.25) is 4.79 Å². The number of phenols is 1. The van der Waals surface area contributed by atoms with Crippen LogP contribution in [0.5, 0.6) is 5.75 Å². The van der Waals surface area contributed by atoms with Gasteiger partial charge in [0.25, 0.3) is 5.91 Å². The van der Waals surface area contributed by atoms with Crippen molar-refractivity contribution in [1.29, 1.82) is 0 Å². The average molecular weight is 380 g/mol. The lowest BCUT2D eigenvalue weighted by atomic mass is 10.0. The van der Waals surface area contributed by atoms with Crippen LogP contribution in [0, 0.1) is 0 Å². The molecule has 1 aliphatic heterocycles. The van der Waals surface area contributed by atoms with Crippen LogP contribution in [0.3, 0.4) is 0 Å². The Kier molecular flexibility index (Phi) is 4.84. The molecule has 27 heavy (non-hydrogen) atoms. The number of carbonyl (C=O) groups is 1. The molecule has 3 aromatic rings. The maximum atomic E-state index is 12.7. The monoisotopic (exact) mass is 379 g/mol. The second kappa shape index (κ2) is 7.43. The standard InChI is InChI=1S/C22H18ClNO3/c23-20-7-2-1-4-17(20)12-24-21-11-16(15-5-3-6-19(25)10-15)8-9-18(21)13-27-14-22(24)26/h1-11,25H,12-14H2. The minimum absolute atomic E-state index is 0.0284. The first-order valence-electron chi connectivity index (χ1n) is 8.65. The van der Waals surface area contributed by atoms with Crippen LogP contribution >= 0.6 is 11.6 Å². The molecule has 0 bridgehead atoms. The molecular weight excluding hydrogens is 362 g/mol. The smallest absolute Gasteiger partial charge is 0.253 e. The van der Waals surface area contributed by atoms with Crippen molar-refractivity contribution < 1.29 is 14.6 Å². The van der Waals surface area contributed by atoms with Crippen molar-refractivity contribution in [3.05, 3.63) is 82.9 Å². The fourth-order valence-electron chi connectivity index (χ4n) is 3.23. The molecule has 0 atom stereocenters. The van der Waals surface area contributed by atoms with Gasteiger partial charge in [-0.15, -0.1) is 0 Å². The topological polar surface area (TPSA) is 49.8 Å². The van der Waals surface area contributed by atoms with Crippen molar-refractivity contribution >= 4 is 23.2 Å². The van der Waals surface area contributed by atoms with E-state index in [0.29, 0.717) is 18.2 Å². The van der Waals surface area contributed by atoms with E-state index in [1.807, 2.05) is 48.5 Å². The molecule has 0 spiro atoms. The molecule has 1 aliphatic rings. The molecule has 1 amide bonds. The maximum Gasteiger partial charge on any atom is 0.253 e. The Morgan fingerprint density at radius 3 is 2.59 bits per heavy atom. The Labute approximate surface area is 162 Å². The molecule has 0 saturated carbocycles. The highest BCUT2D eigenvalue weighted by Crippen LogP contribution is 2.33. The number of amides is 1. The molecule has 1 N–H and O–H groups in total. The number of halogens is 1. The van der Waals surface area contributed by atoms with Gasteiger partial charge in [-0.1, -0.05) is 54.1 Å². The van der Waals surface area contributed by atoms with Crippen LogP contribution < -0.4 is 4.90 Å². The summed E-state index contributed by atoms with van der Waals surface area (Å²) in [7, 11) is 0. The highest BCUT2D eigenvalue weighted by Gasteiger charge is 2.24. The van der Waals surface area contributed by atoms with E-state index in [2.05, 4.69) is 0 Å². The van der Waals surface area contributed by atoms with Gasteiger partial charge in [-0.05, 0) is 41.0 Å². The SMILES string of the molecule is O=C1COCc2ccc(-c3cccc(O)c3)cc2N1Cc1ccccc1Cl. The third kappa shape index (κ3) is 3.68. The summed E-state index contributed by atoms with van der Waals surface area (Å²) in [5.41, 5.74) is 4.43. The molecular formula is C22H18ClNO3. The lowest BCUT2D eigenvalue weighted by molar-refractivity contribution is -0.123. The van der Waals surface area contributed by atoms with Crippen LogP contribution in [0.2, 0.25) is 5.02 Å². The molecule has 0 unspecified atom stereocenters. The van der Waals surface area contributed by atoms with Gasteiger partial charge in [0, 0.05) is 10.6 Å². The number of ether oxygens (including phenoxy) is 1. The number of aromatic hydroxyl groups is 1. The van der Waals surface area contributed by atoms with E-state index in [1.54, 1.807) is 23.1 Å². The first-order chi connectivity index (χ1) is 13.1. The largest absolute Gasteiger partial charge is 0.508 e. The third-order valence-corrected chi connectivity index (χ3v) is 4.99. The van der Waals surface area contributed by atoms with Crippen molar-refractivity contribution in [2.45, 2.75) is 13.2 Å². The van der Waals surface area contributed by atoms with Crippen molar-refractivity contribution in [1.82, 2.24) is 0 Å². The summed E-state index contributed by atoms with van der Waals surface area (Å²) in [6.45, 7) is 0.777. The second-order valence-corrected chi connectivity index (χ2v) is 6.87. The summed E-state index contributed by atoms with van der Waals surface area (Å²) >= 11 is 6.31. The van der Waals surface area contributed by atoms with Gasteiger partial charge >= 0.3 is 0 Å². The van der Waals surface area contributed by atoms with Crippen LogP contribution in [0.4, 0.5) is 5.69 Å². The van der Waals surface area contributed by atoms with E-state index in [4.69, 9.17) is 16.3 Å². The molecule has 5 heteroatoms. The molecule has 0 fully saturated rings. The lowest BCUT2D eigenvalue weighted by Gasteiger charge is -2.24. The van der Waals surface area contributed by atoms with Crippen molar-refractivity contribution in [2.75, 3.05) is 11.5 Å². The zero-order chi connectivity index (χ0) is 18.8. The molecule has 4 rings (SSSR count). The summed E-state index contributed by atoms with van der Waals surface area (Å²) < 4.78 is 5.53. The molecule has 136 valence electrons. The highest BCUT2D eigenvalue weighted by atomic mass is 35.5. The van der Waals surface area contributed by atoms with Gasteiger partial charge in [0.1, 0.15) is 12.4 Å². The second-order valence-electron chi connectivity index (χ2n) is 6.46. The fraction of sp³-hybridized carbons (Fsp3) is 0.136. The number of carbonyl (C=O) groups excluding carboxylic acids is 1. The number of nitrogens with zero attached hydrogens (tertiary/aromatic N) is 1. The van der Waals surface area contributed by atoms with Gasteiger partial charge in [-0.25, -0.2) is 0 Å². The summed E-state index contributed by atoms with van der Waals surface area (Å²) in [6.07, 6.45) is 0. The number of fused-ring (bicyclic) bond motifs is 1. The van der Waals surface area contributed by atoms with Gasteiger partial charge in [0.15, 0.2) is 0 Å². The quantitative estimate of drug-likeness (QED) is 0.712. The number of phenolic OH excluding ortho intramolecular Hbond substituents is 1. The van der Waals surface area contributed by atoms with Crippen LogP contribution in [0.15, 0.2) is 66.7 Å². The maximum absolute atomic E-state index is 12.7. The Morgan fingerprint density at radius 2 is 1.78 bits per heavy atom. The molecule has 0 saturated heterocycles. The van der Waals surface area contributed by atoms with E-state index in [0.717, 1.165) is 27.9 Å². The van der Waals surface area contributed by atoms with E-state index in [9.17, 15) is 9.90 Å². The number of rotatable bonds is 3. The van der Waals surface area contributed by atoms with Crippen LogP contribution in [-0.2, 0) is 22.7 Å². The minimum Gasteiger partial charge on any atom is -0.508 e. The predicted octanol–water partition coefficient (Wildman–Crippen LogP) is 4.78. The minimum atomic E-state index is -0.110. The van der Waals surface area contributed by atoms with E-state index in [-0.39, 0.29) is 18.3 Å². The normalized spacial score (nSPS) is 14.0. The Bertz CT molecular complexity index is 1000. The van der Waals surface area contributed by atoms with E-state index in [1.165, 1.54) is 0 Å². The number of benzene rings is 3. The van der Waals surface area contributed by atoms with Crippen molar-refractivity contribution in [3.63, 3.8) is 0 Å². The fourth-order valence-corrected chi connectivity index (χ4v) is 3.43. The van der Waals surface area contributed by atoms with Gasteiger partial charge in [-0.2, -0.15) is 0 Å². The summed E-state index contributed by atoms with van der Waals surface area (Å²) in [5, 5.41) is 10.4. The van der Waals surface area contributed by atoms with Crippen LogP contribution in [0.25, 0.3) is 11.1 Å². The Hall–Kier alpha value is -2.82. The molecule has 3 aromatic carbocycles. The molecule has 0 aliphatic carbocycles. The molecule has 0 radical (unpaired) electrons. The summed E-state index contributed by atoms with van der Waals surface area (Å²) in [5.74, 6) is 0.0940. The Morgan fingerprint density at radius 1 is 0.963 bits per heavy atom. The van der Waals surface area contributed by atoms with Gasteiger partial charge in [0.2, 0.25) is 0 Å². The number of anilines is 1. The lowest BCUT2D eigenvalue weighted by Crippen LogP contribution is -2.32. The van der Waals surface area contributed by atoms with Crippen molar-refractivity contribution in [2.24, 2.45) is 0 Å². The Balaban J connectivity index is 1.78. The summed E-state index contributed by atoms with van der Waals surface area (Å²) in [4.78, 5) is 14.4. The number of hydrogen-bond acceptors (Lipinski definition) is 3. The molecule has 0 aromatic heterocycles. The van der Waals surface area contributed by atoms with E-state index < -0.39 is 0 Å². The van der Waals surface area contributed by atoms with Crippen molar-refractivity contribution in [3.8, 4) is 16.9 Å². The molecule has 1 heterocycles. The van der Waals surface area contributed by atoms with Crippen LogP contribution in [0.1, 0.15) is 11.1 Å². The zero-order valence-electron chi connectivity index (χ0n) is 14.6. The van der Waals surface area contributed by atoms with E-state index >= 15 is 0 Å². The first kappa shape index (κ1) is 17.6. The molecule has 4 nitrogen and oxygen atoms in total. The third-order valence-electron chi connectivity index (χ3n) is 4.63. The van der Waals surface area contributed by atoms with Gasteiger partial charge < -0.3 is 14.7 Å².